The van der Waals surface area contributed by atoms with Gasteiger partial charge >= 0.3 is 0 Å². The third kappa shape index (κ3) is 3.30. The Morgan fingerprint density at radius 3 is 2.76 bits per heavy atom. The minimum atomic E-state index is 0.330. The van der Waals surface area contributed by atoms with Crippen LogP contribution in [0.25, 0.3) is 11.3 Å². The Balaban J connectivity index is 1.73. The van der Waals surface area contributed by atoms with Crippen LogP contribution in [0.1, 0.15) is 11.5 Å². The van der Waals surface area contributed by atoms with Crippen LogP contribution < -0.4 is 5.43 Å². The fourth-order valence-corrected chi connectivity index (χ4v) is 1.78. The fourth-order valence-electron chi connectivity index (χ4n) is 1.78. The summed E-state index contributed by atoms with van der Waals surface area (Å²) >= 11 is 0. The van der Waals surface area contributed by atoms with Crippen molar-refractivity contribution in [2.24, 2.45) is 5.10 Å². The molecule has 0 saturated carbocycles. The Kier molecular flexibility index (Phi) is 3.68. The van der Waals surface area contributed by atoms with Gasteiger partial charge in [0.05, 0.1) is 18.1 Å². The monoisotopic (exact) mass is 279 g/mol. The molecule has 104 valence electrons. The topological polar surface area (TPSA) is 76.2 Å². The van der Waals surface area contributed by atoms with Crippen LogP contribution in [0, 0.1) is 6.92 Å². The summed E-state index contributed by atoms with van der Waals surface area (Å²) in [4.78, 5) is 4.35. The molecule has 2 aromatic heterocycles. The minimum absolute atomic E-state index is 0.330. The number of hydrogen-bond donors (Lipinski definition) is 1. The maximum Gasteiger partial charge on any atom is 0.263 e. The molecule has 0 saturated heterocycles. The molecule has 3 rings (SSSR count). The molecule has 0 aliphatic heterocycles. The summed E-state index contributed by atoms with van der Waals surface area (Å²) in [6, 6.07) is 13.5. The molecule has 0 aliphatic rings. The molecule has 1 N–H and O–H groups in total. The number of aromatic nitrogens is 3. The van der Waals surface area contributed by atoms with Crippen LogP contribution in [0.3, 0.4) is 0 Å². The molecule has 0 bridgehead atoms. The Morgan fingerprint density at radius 2 is 2.00 bits per heavy atom. The Bertz CT molecular complexity index is 752. The first kappa shape index (κ1) is 13.0. The molecule has 0 amide bonds. The molecule has 0 atom stereocenters. The molecule has 21 heavy (non-hydrogen) atoms. The van der Waals surface area contributed by atoms with Gasteiger partial charge in [0.25, 0.3) is 5.95 Å². The summed E-state index contributed by atoms with van der Waals surface area (Å²) in [5.74, 6) is 1.82. The predicted molar refractivity (Wildman–Crippen MR) is 79.9 cm³/mol. The van der Waals surface area contributed by atoms with E-state index in [0.29, 0.717) is 11.7 Å². The lowest BCUT2D eigenvalue weighted by atomic mass is 10.2. The summed E-state index contributed by atoms with van der Waals surface area (Å²) in [7, 11) is 0. The summed E-state index contributed by atoms with van der Waals surface area (Å²) in [5.41, 5.74) is 4.44. The zero-order valence-electron chi connectivity index (χ0n) is 11.4. The van der Waals surface area contributed by atoms with Crippen LogP contribution in [0.4, 0.5) is 5.95 Å². The molecule has 0 unspecified atom stereocenters. The highest BCUT2D eigenvalue weighted by molar-refractivity contribution is 5.76. The van der Waals surface area contributed by atoms with Gasteiger partial charge in [-0.25, -0.2) is 10.4 Å². The lowest BCUT2D eigenvalue weighted by Crippen LogP contribution is -1.99. The maximum atomic E-state index is 5.37. The van der Waals surface area contributed by atoms with Gasteiger partial charge in [0.2, 0.25) is 0 Å². The first-order valence-corrected chi connectivity index (χ1v) is 6.42. The molecular weight excluding hydrogens is 266 g/mol. The second-order valence-electron chi connectivity index (χ2n) is 4.35. The largest absolute Gasteiger partial charge is 0.460 e. The third-order valence-electron chi connectivity index (χ3n) is 2.75. The molecule has 2 heterocycles. The minimum Gasteiger partial charge on any atom is -0.460 e. The van der Waals surface area contributed by atoms with E-state index in [2.05, 4.69) is 25.7 Å². The lowest BCUT2D eigenvalue weighted by molar-refractivity contribution is 0.528. The van der Waals surface area contributed by atoms with E-state index in [1.807, 2.05) is 49.4 Å². The quantitative estimate of drug-likeness (QED) is 0.587. The van der Waals surface area contributed by atoms with E-state index in [0.717, 1.165) is 17.0 Å². The highest BCUT2D eigenvalue weighted by Gasteiger charge is 2.02. The van der Waals surface area contributed by atoms with Gasteiger partial charge in [0.15, 0.2) is 0 Å². The number of hydrazone groups is 1. The van der Waals surface area contributed by atoms with E-state index >= 15 is 0 Å². The zero-order chi connectivity index (χ0) is 14.5. The normalized spacial score (nSPS) is 10.9. The van der Waals surface area contributed by atoms with Gasteiger partial charge in [-0.05, 0) is 19.1 Å². The number of nitrogens with one attached hydrogen (secondary N) is 1. The number of anilines is 1. The number of hydrogen-bond acceptors (Lipinski definition) is 6. The van der Waals surface area contributed by atoms with Gasteiger partial charge in [-0.2, -0.15) is 10.2 Å². The van der Waals surface area contributed by atoms with Crippen LogP contribution in [-0.2, 0) is 0 Å². The van der Waals surface area contributed by atoms with Gasteiger partial charge in [-0.1, -0.05) is 30.3 Å². The van der Waals surface area contributed by atoms with E-state index < -0.39 is 0 Å². The van der Waals surface area contributed by atoms with Crippen molar-refractivity contribution < 1.29 is 4.42 Å². The number of nitrogens with zero attached hydrogens (tertiary/aromatic N) is 4. The number of aryl methyl sites for hydroxylation is 1. The molecule has 1 aromatic carbocycles. The van der Waals surface area contributed by atoms with Crippen LogP contribution in [-0.4, -0.2) is 21.4 Å². The van der Waals surface area contributed by atoms with Gasteiger partial charge in [-0.15, -0.1) is 5.10 Å². The van der Waals surface area contributed by atoms with E-state index in [1.54, 1.807) is 12.4 Å². The zero-order valence-corrected chi connectivity index (χ0v) is 11.4. The van der Waals surface area contributed by atoms with Gasteiger partial charge in [-0.3, -0.25) is 0 Å². The van der Waals surface area contributed by atoms with Crippen molar-refractivity contribution in [1.29, 1.82) is 0 Å². The molecule has 0 aliphatic carbocycles. The molecule has 0 fully saturated rings. The molecule has 6 nitrogen and oxygen atoms in total. The van der Waals surface area contributed by atoms with Crippen LogP contribution in [0.5, 0.6) is 0 Å². The second kappa shape index (κ2) is 5.96. The van der Waals surface area contributed by atoms with E-state index in [1.165, 1.54) is 0 Å². The SMILES string of the molecule is Cc1ccc(/C=N/Nc2nncc(-c3ccccc3)n2)o1. The molecule has 0 spiro atoms. The van der Waals surface area contributed by atoms with Crippen molar-refractivity contribution in [3.05, 3.63) is 60.2 Å². The molecular formula is C15H13N5O. The lowest BCUT2D eigenvalue weighted by Gasteiger charge is -2.01. The highest BCUT2D eigenvalue weighted by atomic mass is 16.3. The van der Waals surface area contributed by atoms with Crippen LogP contribution in [0.15, 0.2) is 58.2 Å². The standard InChI is InChI=1S/C15H13N5O/c1-11-7-8-13(21-11)9-16-19-15-18-14(10-17-20-15)12-5-3-2-4-6-12/h2-10H,1H3,(H,18,19,20)/b16-9+. The van der Waals surface area contributed by atoms with Gasteiger partial charge in [0, 0.05) is 5.56 Å². The third-order valence-corrected chi connectivity index (χ3v) is 2.75. The number of furan rings is 1. The summed E-state index contributed by atoms with van der Waals surface area (Å²) in [5, 5.41) is 11.8. The van der Waals surface area contributed by atoms with Crippen molar-refractivity contribution in [2.75, 3.05) is 5.43 Å². The van der Waals surface area contributed by atoms with Crippen molar-refractivity contribution >= 4 is 12.2 Å². The molecule has 6 heteroatoms. The second-order valence-corrected chi connectivity index (χ2v) is 4.35. The molecule has 0 radical (unpaired) electrons. The smallest absolute Gasteiger partial charge is 0.263 e. The van der Waals surface area contributed by atoms with Crippen LogP contribution >= 0.6 is 0 Å². The average Bonchev–Trinajstić information content (AvgIpc) is 2.94. The summed E-state index contributed by atoms with van der Waals surface area (Å²) in [6.07, 6.45) is 3.17. The summed E-state index contributed by atoms with van der Waals surface area (Å²) < 4.78 is 5.37. The van der Waals surface area contributed by atoms with E-state index in [9.17, 15) is 0 Å². The fraction of sp³-hybridized carbons (Fsp3) is 0.0667. The Morgan fingerprint density at radius 1 is 1.14 bits per heavy atom. The van der Waals surface area contributed by atoms with E-state index in [-0.39, 0.29) is 0 Å². The maximum absolute atomic E-state index is 5.37. The van der Waals surface area contributed by atoms with Crippen molar-refractivity contribution in [1.82, 2.24) is 15.2 Å². The van der Waals surface area contributed by atoms with Crippen molar-refractivity contribution in [3.8, 4) is 11.3 Å². The number of benzene rings is 1. The van der Waals surface area contributed by atoms with E-state index in [4.69, 9.17) is 4.42 Å². The molecule has 3 aromatic rings. The Hall–Kier alpha value is -3.02. The highest BCUT2D eigenvalue weighted by Crippen LogP contribution is 2.15. The number of rotatable bonds is 4. The van der Waals surface area contributed by atoms with Crippen LogP contribution in [0.2, 0.25) is 0 Å². The predicted octanol–water partition coefficient (Wildman–Crippen LogP) is 2.89. The van der Waals surface area contributed by atoms with Gasteiger partial charge in [0.1, 0.15) is 11.5 Å². The van der Waals surface area contributed by atoms with Crippen molar-refractivity contribution in [3.63, 3.8) is 0 Å². The Labute approximate surface area is 121 Å². The van der Waals surface area contributed by atoms with Crippen molar-refractivity contribution in [2.45, 2.75) is 6.92 Å². The summed E-state index contributed by atoms with van der Waals surface area (Å²) in [6.45, 7) is 1.88. The average molecular weight is 279 g/mol. The first-order valence-electron chi connectivity index (χ1n) is 6.42. The van der Waals surface area contributed by atoms with Gasteiger partial charge < -0.3 is 4.42 Å². The first-order chi connectivity index (χ1) is 10.3.